The molecule has 1 amide bonds. The molecule has 1 aliphatic carbocycles. The van der Waals surface area contributed by atoms with Crippen LogP contribution in [0.4, 0.5) is 0 Å². The van der Waals surface area contributed by atoms with Crippen molar-refractivity contribution in [2.45, 2.75) is 44.6 Å². The van der Waals surface area contributed by atoms with Gasteiger partial charge in [-0.2, -0.15) is 0 Å². The molecule has 6 nitrogen and oxygen atoms in total. The SMILES string of the molecule is C/C=C1/C(=O)N[C@H]2[C@H]1[C@H](C(C)O)[C@@](C)(O)[C@H]2OC(=O)c1ccccc1. The number of hydrogen-bond donors (Lipinski definition) is 3. The van der Waals surface area contributed by atoms with E-state index in [0.717, 1.165) is 0 Å². The second-order valence-electron chi connectivity index (χ2n) is 6.95. The number of carbonyl (C=O) groups excluding carboxylic acids is 2. The minimum atomic E-state index is -1.48. The van der Waals surface area contributed by atoms with Crippen molar-refractivity contribution in [1.82, 2.24) is 5.32 Å². The molecule has 3 rings (SSSR count). The number of aliphatic hydroxyl groups excluding tert-OH is 1. The van der Waals surface area contributed by atoms with Crippen LogP contribution in [-0.4, -0.2) is 45.9 Å². The van der Waals surface area contributed by atoms with E-state index in [1.807, 2.05) is 0 Å². The average molecular weight is 345 g/mol. The van der Waals surface area contributed by atoms with Gasteiger partial charge in [0.25, 0.3) is 0 Å². The van der Waals surface area contributed by atoms with Gasteiger partial charge in [-0.25, -0.2) is 4.79 Å². The van der Waals surface area contributed by atoms with Crippen molar-refractivity contribution in [2.24, 2.45) is 11.8 Å². The fraction of sp³-hybridized carbons (Fsp3) is 0.474. The molecule has 6 atom stereocenters. The highest BCUT2D eigenvalue weighted by atomic mass is 16.6. The zero-order valence-corrected chi connectivity index (χ0v) is 14.5. The fourth-order valence-corrected chi connectivity index (χ4v) is 4.33. The quantitative estimate of drug-likeness (QED) is 0.562. The number of allylic oxidation sites excluding steroid dienone is 1. The number of nitrogens with one attached hydrogen (secondary N) is 1. The number of ether oxygens (including phenoxy) is 1. The maximum Gasteiger partial charge on any atom is 0.338 e. The van der Waals surface area contributed by atoms with Gasteiger partial charge in [0, 0.05) is 17.4 Å². The van der Waals surface area contributed by atoms with Crippen molar-refractivity contribution in [2.75, 3.05) is 0 Å². The summed E-state index contributed by atoms with van der Waals surface area (Å²) < 4.78 is 5.61. The van der Waals surface area contributed by atoms with Crippen LogP contribution in [0.2, 0.25) is 0 Å². The van der Waals surface area contributed by atoms with E-state index in [0.29, 0.717) is 11.1 Å². The molecule has 1 aromatic rings. The van der Waals surface area contributed by atoms with E-state index in [-0.39, 0.29) is 5.91 Å². The van der Waals surface area contributed by atoms with Crippen LogP contribution in [0, 0.1) is 11.8 Å². The predicted molar refractivity (Wildman–Crippen MR) is 90.6 cm³/mol. The Bertz CT molecular complexity index is 710. The number of fused-ring (bicyclic) bond motifs is 1. The monoisotopic (exact) mass is 345 g/mol. The van der Waals surface area contributed by atoms with Crippen LogP contribution >= 0.6 is 0 Å². The molecule has 1 aliphatic heterocycles. The Balaban J connectivity index is 1.96. The van der Waals surface area contributed by atoms with Gasteiger partial charge in [-0.15, -0.1) is 0 Å². The van der Waals surface area contributed by atoms with Crippen LogP contribution in [0.15, 0.2) is 42.0 Å². The third kappa shape index (κ3) is 2.75. The van der Waals surface area contributed by atoms with Gasteiger partial charge in [0.2, 0.25) is 5.91 Å². The zero-order valence-electron chi connectivity index (χ0n) is 14.5. The van der Waals surface area contributed by atoms with E-state index in [9.17, 15) is 19.8 Å². The average Bonchev–Trinajstić information content (AvgIpc) is 2.97. The molecule has 1 saturated carbocycles. The standard InChI is InChI=1S/C19H23NO5/c1-4-12-13-14(10(2)21)19(3,24)16(15(13)20-17(12)22)25-18(23)11-8-6-5-7-9-11/h4-10,13-16,21,24H,1-3H3,(H,20,22)/b12-4+/t10?,13-,14+,15+,16+,19-/m1/s1. The van der Waals surface area contributed by atoms with E-state index in [4.69, 9.17) is 4.74 Å². The largest absolute Gasteiger partial charge is 0.453 e. The number of hydrogen-bond acceptors (Lipinski definition) is 5. The second-order valence-corrected chi connectivity index (χ2v) is 6.95. The molecule has 1 saturated heterocycles. The summed E-state index contributed by atoms with van der Waals surface area (Å²) in [6.07, 6.45) is -0.135. The number of carbonyl (C=O) groups is 2. The summed E-state index contributed by atoms with van der Waals surface area (Å²) >= 11 is 0. The van der Waals surface area contributed by atoms with Crippen molar-refractivity contribution in [3.8, 4) is 0 Å². The second kappa shape index (κ2) is 6.28. The minimum Gasteiger partial charge on any atom is -0.453 e. The van der Waals surface area contributed by atoms with E-state index < -0.39 is 41.7 Å². The van der Waals surface area contributed by atoms with Crippen LogP contribution in [0.25, 0.3) is 0 Å². The van der Waals surface area contributed by atoms with E-state index in [1.165, 1.54) is 0 Å². The molecule has 25 heavy (non-hydrogen) atoms. The van der Waals surface area contributed by atoms with Crippen molar-refractivity contribution in [1.29, 1.82) is 0 Å². The van der Waals surface area contributed by atoms with Crippen molar-refractivity contribution in [3.63, 3.8) is 0 Å². The lowest BCUT2D eigenvalue weighted by Crippen LogP contribution is -2.51. The van der Waals surface area contributed by atoms with Crippen LogP contribution < -0.4 is 5.32 Å². The summed E-state index contributed by atoms with van der Waals surface area (Å²) in [5, 5.41) is 24.1. The molecular weight excluding hydrogens is 322 g/mol. The van der Waals surface area contributed by atoms with E-state index in [2.05, 4.69) is 5.32 Å². The first-order valence-electron chi connectivity index (χ1n) is 8.42. The van der Waals surface area contributed by atoms with E-state index >= 15 is 0 Å². The molecule has 0 bridgehead atoms. The Morgan fingerprint density at radius 3 is 2.56 bits per heavy atom. The summed E-state index contributed by atoms with van der Waals surface area (Å²) in [6.45, 7) is 4.87. The summed E-state index contributed by atoms with van der Waals surface area (Å²) in [5.41, 5.74) is -0.601. The first-order valence-corrected chi connectivity index (χ1v) is 8.42. The lowest BCUT2D eigenvalue weighted by molar-refractivity contribution is -0.122. The first-order chi connectivity index (χ1) is 11.8. The minimum absolute atomic E-state index is 0.251. The normalized spacial score (nSPS) is 36.8. The van der Waals surface area contributed by atoms with Crippen LogP contribution in [0.5, 0.6) is 0 Å². The number of aliphatic hydroxyl groups is 2. The maximum absolute atomic E-state index is 12.5. The van der Waals surface area contributed by atoms with Gasteiger partial charge in [-0.05, 0) is 32.9 Å². The Kier molecular flexibility index (Phi) is 4.43. The molecule has 1 aromatic carbocycles. The Morgan fingerprint density at radius 2 is 2.00 bits per heavy atom. The van der Waals surface area contributed by atoms with Gasteiger partial charge >= 0.3 is 5.97 Å². The summed E-state index contributed by atoms with van der Waals surface area (Å²) in [6, 6.07) is 7.92. The van der Waals surface area contributed by atoms with Crippen LogP contribution in [0.1, 0.15) is 31.1 Å². The van der Waals surface area contributed by atoms with Gasteiger partial charge < -0.3 is 20.3 Å². The number of benzene rings is 1. The number of esters is 1. The molecule has 2 aliphatic rings. The molecule has 0 spiro atoms. The van der Waals surface area contributed by atoms with Gasteiger partial charge in [-0.3, -0.25) is 4.79 Å². The van der Waals surface area contributed by atoms with Gasteiger partial charge in [0.1, 0.15) is 5.60 Å². The summed E-state index contributed by atoms with van der Waals surface area (Å²) in [4.78, 5) is 24.7. The highest BCUT2D eigenvalue weighted by molar-refractivity contribution is 5.97. The third-order valence-corrected chi connectivity index (χ3v) is 5.34. The Hall–Kier alpha value is -2.18. The summed E-state index contributed by atoms with van der Waals surface area (Å²) in [5.74, 6) is -1.87. The third-order valence-electron chi connectivity index (χ3n) is 5.34. The Labute approximate surface area is 146 Å². The lowest BCUT2D eigenvalue weighted by Gasteiger charge is -2.34. The highest BCUT2D eigenvalue weighted by Gasteiger charge is 2.65. The predicted octanol–water partition coefficient (Wildman–Crippen LogP) is 1.03. The van der Waals surface area contributed by atoms with E-state index in [1.54, 1.807) is 57.2 Å². The summed E-state index contributed by atoms with van der Waals surface area (Å²) in [7, 11) is 0. The van der Waals surface area contributed by atoms with Gasteiger partial charge in [-0.1, -0.05) is 24.3 Å². The molecule has 0 aromatic heterocycles. The molecule has 6 heteroatoms. The lowest BCUT2D eigenvalue weighted by atomic mass is 9.79. The van der Waals surface area contributed by atoms with Gasteiger partial charge in [0.05, 0.1) is 17.7 Å². The highest BCUT2D eigenvalue weighted by Crippen LogP contribution is 2.50. The van der Waals surface area contributed by atoms with Crippen LogP contribution in [-0.2, 0) is 9.53 Å². The van der Waals surface area contributed by atoms with Crippen LogP contribution in [0.3, 0.4) is 0 Å². The molecule has 0 radical (unpaired) electrons. The maximum atomic E-state index is 12.5. The van der Waals surface area contributed by atoms with Crippen molar-refractivity contribution < 1.29 is 24.5 Å². The van der Waals surface area contributed by atoms with Crippen molar-refractivity contribution in [3.05, 3.63) is 47.5 Å². The smallest absolute Gasteiger partial charge is 0.338 e. The first kappa shape index (κ1) is 17.6. The van der Waals surface area contributed by atoms with Crippen molar-refractivity contribution >= 4 is 11.9 Å². The molecule has 134 valence electrons. The molecule has 3 N–H and O–H groups in total. The topological polar surface area (TPSA) is 95.9 Å². The van der Waals surface area contributed by atoms with Gasteiger partial charge in [0.15, 0.2) is 6.10 Å². The molecular formula is C19H23NO5. The zero-order chi connectivity index (χ0) is 18.4. The number of rotatable bonds is 3. The fourth-order valence-electron chi connectivity index (χ4n) is 4.33. The molecule has 2 fully saturated rings. The molecule has 1 unspecified atom stereocenters. The Morgan fingerprint density at radius 1 is 1.36 bits per heavy atom. The molecule has 1 heterocycles. The number of amides is 1.